The molecule has 0 amide bonds. The molecule has 0 saturated carbocycles. The average Bonchev–Trinajstić information content (AvgIpc) is 2.84. The van der Waals surface area contributed by atoms with Gasteiger partial charge in [-0.05, 0) is 24.6 Å². The largest absolute Gasteiger partial charge is 0.394 e. The van der Waals surface area contributed by atoms with E-state index < -0.39 is 0 Å². The summed E-state index contributed by atoms with van der Waals surface area (Å²) in [5, 5.41) is 19.9. The number of benzene rings is 1. The third-order valence-corrected chi connectivity index (χ3v) is 2.85. The zero-order valence-electron chi connectivity index (χ0n) is 10.8. The number of aromatic nitrogens is 3. The van der Waals surface area contributed by atoms with E-state index in [0.717, 1.165) is 11.3 Å². The standard InChI is InChI=1S/C13H17FN4O/c1-10(11-3-2-4-12(14)7-11)15-8-13-9-18(5-6-19)17-16-13/h2-4,7,9-10,15,19H,5-6,8H2,1H3/t10-/m1/s1. The molecule has 0 spiro atoms. The third kappa shape index (κ3) is 3.84. The Hall–Kier alpha value is -1.79. The molecule has 2 rings (SSSR count). The minimum absolute atomic E-state index is 0.0266. The molecule has 0 unspecified atom stereocenters. The first-order valence-electron chi connectivity index (χ1n) is 6.18. The van der Waals surface area contributed by atoms with E-state index in [2.05, 4.69) is 15.6 Å². The van der Waals surface area contributed by atoms with Gasteiger partial charge in [0.05, 0.1) is 18.8 Å². The second-order valence-electron chi connectivity index (χ2n) is 4.35. The van der Waals surface area contributed by atoms with Gasteiger partial charge in [0, 0.05) is 18.8 Å². The van der Waals surface area contributed by atoms with Gasteiger partial charge in [-0.1, -0.05) is 17.3 Å². The minimum atomic E-state index is -0.236. The summed E-state index contributed by atoms with van der Waals surface area (Å²) in [7, 11) is 0. The number of hydrogen-bond acceptors (Lipinski definition) is 4. The molecular formula is C13H17FN4O. The molecule has 0 aliphatic carbocycles. The van der Waals surface area contributed by atoms with Crippen LogP contribution in [0.5, 0.6) is 0 Å². The molecule has 5 nitrogen and oxygen atoms in total. The summed E-state index contributed by atoms with van der Waals surface area (Å²) in [6.45, 7) is 2.98. The van der Waals surface area contributed by atoms with Gasteiger partial charge in [-0.25, -0.2) is 9.07 Å². The van der Waals surface area contributed by atoms with Gasteiger partial charge in [0.15, 0.2) is 0 Å². The Labute approximate surface area is 111 Å². The second kappa shape index (κ2) is 6.40. The lowest BCUT2D eigenvalue weighted by molar-refractivity contribution is 0.268. The van der Waals surface area contributed by atoms with Crippen molar-refractivity contribution in [2.24, 2.45) is 0 Å². The second-order valence-corrected chi connectivity index (χ2v) is 4.35. The number of rotatable bonds is 6. The maximum Gasteiger partial charge on any atom is 0.123 e. The van der Waals surface area contributed by atoms with Crippen LogP contribution in [0.15, 0.2) is 30.5 Å². The number of halogens is 1. The quantitative estimate of drug-likeness (QED) is 0.824. The fraction of sp³-hybridized carbons (Fsp3) is 0.385. The smallest absolute Gasteiger partial charge is 0.123 e. The van der Waals surface area contributed by atoms with E-state index in [1.807, 2.05) is 13.0 Å². The van der Waals surface area contributed by atoms with E-state index in [-0.39, 0.29) is 18.5 Å². The lowest BCUT2D eigenvalue weighted by Crippen LogP contribution is -2.18. The van der Waals surface area contributed by atoms with E-state index in [1.165, 1.54) is 12.1 Å². The Morgan fingerprint density at radius 3 is 3.05 bits per heavy atom. The summed E-state index contributed by atoms with van der Waals surface area (Å²) >= 11 is 0. The van der Waals surface area contributed by atoms with Crippen molar-refractivity contribution < 1.29 is 9.50 Å². The maximum absolute atomic E-state index is 13.1. The van der Waals surface area contributed by atoms with E-state index in [9.17, 15) is 4.39 Å². The van der Waals surface area contributed by atoms with Crippen molar-refractivity contribution in [2.45, 2.75) is 26.1 Å². The number of hydrogen-bond donors (Lipinski definition) is 2. The van der Waals surface area contributed by atoms with Gasteiger partial charge < -0.3 is 10.4 Å². The van der Waals surface area contributed by atoms with Gasteiger partial charge >= 0.3 is 0 Å². The molecule has 1 atom stereocenters. The van der Waals surface area contributed by atoms with E-state index >= 15 is 0 Å². The van der Waals surface area contributed by atoms with Crippen LogP contribution in [0.2, 0.25) is 0 Å². The lowest BCUT2D eigenvalue weighted by atomic mass is 10.1. The molecule has 0 bridgehead atoms. The lowest BCUT2D eigenvalue weighted by Gasteiger charge is -2.13. The molecule has 0 saturated heterocycles. The molecular weight excluding hydrogens is 247 g/mol. The van der Waals surface area contributed by atoms with Crippen molar-refractivity contribution >= 4 is 0 Å². The third-order valence-electron chi connectivity index (χ3n) is 2.85. The first-order chi connectivity index (χ1) is 9.19. The molecule has 2 aromatic rings. The molecule has 1 aromatic heterocycles. The normalized spacial score (nSPS) is 12.6. The summed E-state index contributed by atoms with van der Waals surface area (Å²) in [5.74, 6) is -0.236. The summed E-state index contributed by atoms with van der Waals surface area (Å²) in [5.41, 5.74) is 1.68. The molecule has 6 heteroatoms. The van der Waals surface area contributed by atoms with Crippen molar-refractivity contribution in [3.8, 4) is 0 Å². The van der Waals surface area contributed by atoms with Crippen molar-refractivity contribution in [3.05, 3.63) is 47.5 Å². The minimum Gasteiger partial charge on any atom is -0.394 e. The molecule has 0 aliphatic heterocycles. The van der Waals surface area contributed by atoms with E-state index in [4.69, 9.17) is 5.11 Å². The molecule has 1 heterocycles. The summed E-state index contributed by atoms with van der Waals surface area (Å²) < 4.78 is 14.7. The highest BCUT2D eigenvalue weighted by Crippen LogP contribution is 2.13. The van der Waals surface area contributed by atoms with Crippen molar-refractivity contribution in [1.82, 2.24) is 20.3 Å². The molecule has 0 radical (unpaired) electrons. The van der Waals surface area contributed by atoms with Crippen LogP contribution in [0.4, 0.5) is 4.39 Å². The molecule has 0 fully saturated rings. The summed E-state index contributed by atoms with van der Waals surface area (Å²) in [6.07, 6.45) is 1.78. The Kier molecular flexibility index (Phi) is 4.59. The number of nitrogens with one attached hydrogen (secondary N) is 1. The molecule has 0 aliphatic rings. The van der Waals surface area contributed by atoms with Crippen molar-refractivity contribution in [3.63, 3.8) is 0 Å². The molecule has 1 aromatic carbocycles. The van der Waals surface area contributed by atoms with E-state index in [1.54, 1.807) is 16.9 Å². The average molecular weight is 264 g/mol. The Bertz CT molecular complexity index is 529. The molecule has 102 valence electrons. The van der Waals surface area contributed by atoms with Crippen LogP contribution in [0.25, 0.3) is 0 Å². The van der Waals surface area contributed by atoms with Gasteiger partial charge in [-0.2, -0.15) is 0 Å². The molecule has 2 N–H and O–H groups in total. The van der Waals surface area contributed by atoms with Gasteiger partial charge in [0.2, 0.25) is 0 Å². The van der Waals surface area contributed by atoms with Crippen LogP contribution in [-0.4, -0.2) is 26.7 Å². The monoisotopic (exact) mass is 264 g/mol. The number of aliphatic hydroxyl groups is 1. The zero-order chi connectivity index (χ0) is 13.7. The van der Waals surface area contributed by atoms with Crippen LogP contribution < -0.4 is 5.32 Å². The Balaban J connectivity index is 1.90. The van der Waals surface area contributed by atoms with Crippen LogP contribution in [-0.2, 0) is 13.1 Å². The van der Waals surface area contributed by atoms with Gasteiger partial charge in [0.1, 0.15) is 5.82 Å². The predicted molar refractivity (Wildman–Crippen MR) is 68.8 cm³/mol. The SMILES string of the molecule is C[C@@H](NCc1cn(CCO)nn1)c1cccc(F)c1. The topological polar surface area (TPSA) is 63.0 Å². The highest BCUT2D eigenvalue weighted by Gasteiger charge is 2.07. The van der Waals surface area contributed by atoms with Crippen molar-refractivity contribution in [2.75, 3.05) is 6.61 Å². The highest BCUT2D eigenvalue weighted by molar-refractivity contribution is 5.19. The first kappa shape index (κ1) is 13.6. The van der Waals surface area contributed by atoms with Gasteiger partial charge in [-0.15, -0.1) is 5.10 Å². The van der Waals surface area contributed by atoms with Crippen LogP contribution in [0.1, 0.15) is 24.2 Å². The number of nitrogens with zero attached hydrogens (tertiary/aromatic N) is 3. The summed E-state index contributed by atoms with van der Waals surface area (Å²) in [6, 6.07) is 6.54. The van der Waals surface area contributed by atoms with Crippen molar-refractivity contribution in [1.29, 1.82) is 0 Å². The Morgan fingerprint density at radius 2 is 2.32 bits per heavy atom. The van der Waals surface area contributed by atoms with Crippen LogP contribution in [0, 0.1) is 5.82 Å². The highest BCUT2D eigenvalue weighted by atomic mass is 19.1. The fourth-order valence-electron chi connectivity index (χ4n) is 1.78. The van der Waals surface area contributed by atoms with E-state index in [0.29, 0.717) is 13.1 Å². The summed E-state index contributed by atoms with van der Waals surface area (Å²) in [4.78, 5) is 0. The first-order valence-corrected chi connectivity index (χ1v) is 6.18. The maximum atomic E-state index is 13.1. The predicted octanol–water partition coefficient (Wildman–Crippen LogP) is 1.26. The fourth-order valence-corrected chi connectivity index (χ4v) is 1.78. The zero-order valence-corrected chi connectivity index (χ0v) is 10.8. The van der Waals surface area contributed by atoms with Crippen LogP contribution in [0.3, 0.4) is 0 Å². The van der Waals surface area contributed by atoms with Gasteiger partial charge in [0.25, 0.3) is 0 Å². The van der Waals surface area contributed by atoms with Gasteiger partial charge in [-0.3, -0.25) is 0 Å². The Morgan fingerprint density at radius 1 is 1.47 bits per heavy atom. The molecule has 19 heavy (non-hydrogen) atoms. The van der Waals surface area contributed by atoms with Crippen LogP contribution >= 0.6 is 0 Å². The number of aliphatic hydroxyl groups excluding tert-OH is 1.